The number of hydrogen-bond donors (Lipinski definition) is 1. The van der Waals surface area contributed by atoms with Gasteiger partial charge in [0, 0.05) is 13.1 Å². The minimum atomic E-state index is -3.45. The van der Waals surface area contributed by atoms with Gasteiger partial charge in [-0.25, -0.2) is 21.1 Å². The molecule has 0 bridgehead atoms. The molecule has 1 unspecified atom stereocenters. The van der Waals surface area contributed by atoms with Crippen LogP contribution in [0, 0.1) is 0 Å². The number of sulfonamides is 1. The first kappa shape index (κ1) is 16.2. The smallest absolute Gasteiger partial charge is 0.217 e. The fraction of sp³-hybridized carbons (Fsp3) is 1.00. The van der Waals surface area contributed by atoms with E-state index in [4.69, 9.17) is 0 Å². The summed E-state index contributed by atoms with van der Waals surface area (Å²) in [5.74, 6) is -0.0785. The highest BCUT2D eigenvalue weighted by Crippen LogP contribution is 2.27. The van der Waals surface area contributed by atoms with E-state index in [1.807, 2.05) is 0 Å². The summed E-state index contributed by atoms with van der Waals surface area (Å²) in [6.45, 7) is 2.47. The van der Waals surface area contributed by atoms with Crippen LogP contribution in [0.25, 0.3) is 0 Å². The number of aliphatic hydroxyl groups is 1. The highest BCUT2D eigenvalue weighted by Gasteiger charge is 2.38. The van der Waals surface area contributed by atoms with Gasteiger partial charge in [-0.1, -0.05) is 0 Å². The highest BCUT2D eigenvalue weighted by molar-refractivity contribution is 7.92. The zero-order valence-corrected chi connectivity index (χ0v) is 13.4. The summed E-state index contributed by atoms with van der Waals surface area (Å²) >= 11 is 0. The third-order valence-electron chi connectivity index (χ3n) is 4.31. The average Bonchev–Trinajstić information content (AvgIpc) is 2.50. The van der Waals surface area contributed by atoms with E-state index < -0.39 is 30.7 Å². The lowest BCUT2D eigenvalue weighted by molar-refractivity contribution is 0.0465. The van der Waals surface area contributed by atoms with Crippen molar-refractivity contribution in [1.29, 1.82) is 0 Å². The van der Waals surface area contributed by atoms with Crippen molar-refractivity contribution < 1.29 is 21.9 Å². The molecule has 2 rings (SSSR count). The molecule has 2 fully saturated rings. The van der Waals surface area contributed by atoms with E-state index in [1.54, 1.807) is 6.92 Å². The van der Waals surface area contributed by atoms with Crippen molar-refractivity contribution >= 4 is 19.9 Å². The third kappa shape index (κ3) is 3.72. The number of nitrogens with zero attached hydrogens (tertiary/aromatic N) is 1. The normalized spacial score (nSPS) is 33.7. The second-order valence-corrected chi connectivity index (χ2v) is 10.7. The van der Waals surface area contributed by atoms with Gasteiger partial charge in [0.1, 0.15) is 9.84 Å². The molecule has 6 nitrogen and oxygen atoms in total. The van der Waals surface area contributed by atoms with Crippen molar-refractivity contribution in [3.8, 4) is 0 Å². The first-order valence-corrected chi connectivity index (χ1v) is 10.4. The molecule has 1 N–H and O–H groups in total. The molecule has 1 atom stereocenters. The minimum Gasteiger partial charge on any atom is -0.390 e. The predicted molar refractivity (Wildman–Crippen MR) is 76.6 cm³/mol. The summed E-state index contributed by atoms with van der Waals surface area (Å²) in [4.78, 5) is 0. The quantitative estimate of drug-likeness (QED) is 0.779. The fourth-order valence-electron chi connectivity index (χ4n) is 2.87. The second-order valence-electron chi connectivity index (χ2n) is 6.15. The van der Waals surface area contributed by atoms with Gasteiger partial charge in [-0.3, -0.25) is 0 Å². The SMILES string of the molecule is CC1(O)CCCN(S(=O)(=O)C2CCS(=O)(=O)CC2)CC1. The Labute approximate surface area is 121 Å². The summed E-state index contributed by atoms with van der Waals surface area (Å²) in [5, 5.41) is 9.43. The molecule has 8 heteroatoms. The van der Waals surface area contributed by atoms with E-state index in [0.717, 1.165) is 0 Å². The lowest BCUT2D eigenvalue weighted by Crippen LogP contribution is -2.43. The predicted octanol–water partition coefficient (Wildman–Crippen LogP) is 0.130. The van der Waals surface area contributed by atoms with E-state index >= 15 is 0 Å². The molecule has 0 radical (unpaired) electrons. The third-order valence-corrected chi connectivity index (χ3v) is 8.42. The van der Waals surface area contributed by atoms with Crippen LogP contribution in [-0.2, 0) is 19.9 Å². The van der Waals surface area contributed by atoms with Crippen LogP contribution < -0.4 is 0 Å². The molecule has 2 aliphatic heterocycles. The Morgan fingerprint density at radius 3 is 2.35 bits per heavy atom. The van der Waals surface area contributed by atoms with E-state index in [1.165, 1.54) is 4.31 Å². The Bertz CT molecular complexity index is 538. The van der Waals surface area contributed by atoms with E-state index in [2.05, 4.69) is 0 Å². The van der Waals surface area contributed by atoms with Crippen LogP contribution in [0.4, 0.5) is 0 Å². The van der Waals surface area contributed by atoms with Crippen molar-refractivity contribution in [2.75, 3.05) is 24.6 Å². The van der Waals surface area contributed by atoms with Gasteiger partial charge in [-0.2, -0.15) is 0 Å². The molecule has 0 spiro atoms. The zero-order valence-electron chi connectivity index (χ0n) is 11.8. The van der Waals surface area contributed by atoms with Crippen molar-refractivity contribution in [3.63, 3.8) is 0 Å². The largest absolute Gasteiger partial charge is 0.390 e. The average molecular weight is 325 g/mol. The van der Waals surface area contributed by atoms with Gasteiger partial charge in [0.05, 0.1) is 22.4 Å². The van der Waals surface area contributed by atoms with Crippen LogP contribution in [0.5, 0.6) is 0 Å². The van der Waals surface area contributed by atoms with Crippen molar-refractivity contribution in [2.45, 2.75) is 49.9 Å². The van der Waals surface area contributed by atoms with Crippen molar-refractivity contribution in [2.24, 2.45) is 0 Å². The maximum absolute atomic E-state index is 12.6. The standard InChI is InChI=1S/C12H23NO5S2/c1-12(14)5-2-7-13(8-6-12)20(17,18)11-3-9-19(15,16)10-4-11/h11,14H,2-10H2,1H3. The summed E-state index contributed by atoms with van der Waals surface area (Å²) in [6.07, 6.45) is 2.04. The Morgan fingerprint density at radius 2 is 1.75 bits per heavy atom. The molecule has 2 aliphatic rings. The molecule has 0 saturated carbocycles. The monoisotopic (exact) mass is 325 g/mol. The first-order chi connectivity index (χ1) is 9.12. The Kier molecular flexibility index (Phi) is 4.49. The molecule has 0 aromatic heterocycles. The van der Waals surface area contributed by atoms with Crippen LogP contribution in [0.2, 0.25) is 0 Å². The Hall–Kier alpha value is -0.180. The molecule has 0 aromatic rings. The molecule has 2 heterocycles. The number of hydrogen-bond acceptors (Lipinski definition) is 5. The summed E-state index contributed by atoms with van der Waals surface area (Å²) < 4.78 is 49.4. The molecule has 0 amide bonds. The highest BCUT2D eigenvalue weighted by atomic mass is 32.2. The van der Waals surface area contributed by atoms with Crippen LogP contribution in [-0.4, -0.2) is 61.7 Å². The van der Waals surface area contributed by atoms with Gasteiger partial charge >= 0.3 is 0 Å². The maximum atomic E-state index is 12.6. The number of rotatable bonds is 2. The van der Waals surface area contributed by atoms with E-state index in [9.17, 15) is 21.9 Å². The zero-order chi connectivity index (χ0) is 15.0. The first-order valence-electron chi connectivity index (χ1n) is 7.04. The van der Waals surface area contributed by atoms with Crippen molar-refractivity contribution in [3.05, 3.63) is 0 Å². The van der Waals surface area contributed by atoms with Crippen LogP contribution in [0.1, 0.15) is 39.0 Å². The van der Waals surface area contributed by atoms with Crippen LogP contribution >= 0.6 is 0 Å². The van der Waals surface area contributed by atoms with Gasteiger partial charge < -0.3 is 5.11 Å². The lowest BCUT2D eigenvalue weighted by Gasteiger charge is -2.29. The van der Waals surface area contributed by atoms with Crippen molar-refractivity contribution in [1.82, 2.24) is 4.31 Å². The minimum absolute atomic E-state index is 0.0392. The van der Waals surface area contributed by atoms with Gasteiger partial charge in [0.2, 0.25) is 10.0 Å². The Balaban J connectivity index is 2.07. The maximum Gasteiger partial charge on any atom is 0.217 e. The topological polar surface area (TPSA) is 91.8 Å². The van der Waals surface area contributed by atoms with Gasteiger partial charge in [0.25, 0.3) is 0 Å². The number of sulfone groups is 1. The molecule has 0 aromatic carbocycles. The van der Waals surface area contributed by atoms with Gasteiger partial charge in [0.15, 0.2) is 0 Å². The van der Waals surface area contributed by atoms with Crippen LogP contribution in [0.15, 0.2) is 0 Å². The van der Waals surface area contributed by atoms with Crippen LogP contribution in [0.3, 0.4) is 0 Å². The lowest BCUT2D eigenvalue weighted by atomic mass is 9.98. The molecule has 118 valence electrons. The summed E-state index contributed by atoms with van der Waals surface area (Å²) in [5.41, 5.74) is -0.805. The molecular formula is C12H23NO5S2. The molecule has 2 saturated heterocycles. The van der Waals surface area contributed by atoms with Gasteiger partial charge in [-0.05, 0) is 39.0 Å². The van der Waals surface area contributed by atoms with E-state index in [0.29, 0.717) is 32.4 Å². The molecular weight excluding hydrogens is 302 g/mol. The molecule has 0 aliphatic carbocycles. The fourth-order valence-corrected chi connectivity index (χ4v) is 6.64. The summed E-state index contributed by atoms with van der Waals surface area (Å²) in [7, 11) is -6.51. The second kappa shape index (κ2) is 5.55. The van der Waals surface area contributed by atoms with Gasteiger partial charge in [-0.15, -0.1) is 0 Å². The molecule has 20 heavy (non-hydrogen) atoms. The summed E-state index contributed by atoms with van der Waals surface area (Å²) in [6, 6.07) is 0. The van der Waals surface area contributed by atoms with E-state index in [-0.39, 0.29) is 24.3 Å². The Morgan fingerprint density at radius 1 is 1.15 bits per heavy atom.